The van der Waals surface area contributed by atoms with Crippen molar-refractivity contribution in [3.8, 4) is 0 Å². The van der Waals surface area contributed by atoms with E-state index in [0.29, 0.717) is 18.7 Å². The van der Waals surface area contributed by atoms with Gasteiger partial charge in [-0.15, -0.1) is 0 Å². The second-order valence-electron chi connectivity index (χ2n) is 4.88. The number of piperidine rings is 1. The Bertz CT molecular complexity index is 378. The van der Waals surface area contributed by atoms with Gasteiger partial charge in [-0.25, -0.2) is 0 Å². The molecule has 1 saturated heterocycles. The fourth-order valence-corrected chi connectivity index (χ4v) is 2.74. The highest BCUT2D eigenvalue weighted by Crippen LogP contribution is 2.48. The van der Waals surface area contributed by atoms with Crippen molar-refractivity contribution in [3.63, 3.8) is 0 Å². The zero-order valence-electron chi connectivity index (χ0n) is 10.5. The van der Waals surface area contributed by atoms with Gasteiger partial charge in [-0.05, 0) is 38.0 Å². The lowest BCUT2D eigenvalue weighted by atomic mass is 9.72. The first-order valence-electron chi connectivity index (χ1n) is 6.34. The lowest BCUT2D eigenvalue weighted by molar-refractivity contribution is -0.202. The van der Waals surface area contributed by atoms with Crippen LogP contribution in [0.25, 0.3) is 0 Å². The first-order valence-corrected chi connectivity index (χ1v) is 6.34. The fourth-order valence-electron chi connectivity index (χ4n) is 2.74. The van der Waals surface area contributed by atoms with Gasteiger partial charge in [0, 0.05) is 0 Å². The molecule has 100 valence electrons. The van der Waals surface area contributed by atoms with Gasteiger partial charge in [-0.3, -0.25) is 0 Å². The van der Waals surface area contributed by atoms with E-state index in [1.54, 1.807) is 30.3 Å². The van der Waals surface area contributed by atoms with E-state index in [2.05, 4.69) is 4.90 Å². The third-order valence-electron chi connectivity index (χ3n) is 4.03. The van der Waals surface area contributed by atoms with Crippen LogP contribution in [0, 0.1) is 0 Å². The van der Waals surface area contributed by atoms with Gasteiger partial charge in [0.1, 0.15) is 0 Å². The second kappa shape index (κ2) is 4.92. The van der Waals surface area contributed by atoms with Crippen LogP contribution in [0.3, 0.4) is 0 Å². The smallest absolute Gasteiger partial charge is 0.304 e. The molecule has 0 amide bonds. The van der Waals surface area contributed by atoms with Crippen LogP contribution in [-0.2, 0) is 5.41 Å². The van der Waals surface area contributed by atoms with Crippen molar-refractivity contribution < 1.29 is 13.2 Å². The summed E-state index contributed by atoms with van der Waals surface area (Å²) >= 11 is 0. The van der Waals surface area contributed by atoms with Gasteiger partial charge in [-0.2, -0.15) is 13.2 Å². The van der Waals surface area contributed by atoms with Crippen molar-refractivity contribution in [2.45, 2.75) is 31.4 Å². The molecule has 0 bridgehead atoms. The third kappa shape index (κ3) is 2.26. The van der Waals surface area contributed by atoms with Crippen molar-refractivity contribution in [1.82, 2.24) is 4.90 Å². The van der Waals surface area contributed by atoms with Gasteiger partial charge >= 0.3 is 6.18 Å². The molecule has 18 heavy (non-hydrogen) atoms. The van der Waals surface area contributed by atoms with Gasteiger partial charge in [0.25, 0.3) is 0 Å². The maximum Gasteiger partial charge on any atom is 0.398 e. The Morgan fingerprint density at radius 2 is 1.67 bits per heavy atom. The summed E-state index contributed by atoms with van der Waals surface area (Å²) in [6.07, 6.45) is -3.85. The average molecular weight is 257 g/mol. The van der Waals surface area contributed by atoms with E-state index in [4.69, 9.17) is 0 Å². The molecule has 0 atom stereocenters. The van der Waals surface area contributed by atoms with E-state index in [-0.39, 0.29) is 12.8 Å². The standard InChI is InChI=1S/C14H18F3N/c1-2-18-10-8-13(9-11-18,14(15,16)17)12-6-4-3-5-7-12/h3-7H,2,8-11H2,1H3. The average Bonchev–Trinajstić information content (AvgIpc) is 2.38. The molecule has 1 aromatic rings. The van der Waals surface area contributed by atoms with Crippen LogP contribution < -0.4 is 0 Å². The van der Waals surface area contributed by atoms with Crippen LogP contribution in [0.2, 0.25) is 0 Å². The molecule has 0 radical (unpaired) electrons. The molecular formula is C14H18F3N. The Balaban J connectivity index is 2.33. The first-order chi connectivity index (χ1) is 8.49. The number of hydrogen-bond donors (Lipinski definition) is 0. The molecule has 1 heterocycles. The topological polar surface area (TPSA) is 3.24 Å². The van der Waals surface area contributed by atoms with Crippen molar-refractivity contribution in [1.29, 1.82) is 0 Å². The second-order valence-corrected chi connectivity index (χ2v) is 4.88. The number of alkyl halides is 3. The summed E-state index contributed by atoms with van der Waals surface area (Å²) in [5, 5.41) is 0. The van der Waals surface area contributed by atoms with E-state index >= 15 is 0 Å². The summed E-state index contributed by atoms with van der Waals surface area (Å²) in [6, 6.07) is 8.35. The van der Waals surface area contributed by atoms with Crippen molar-refractivity contribution in [3.05, 3.63) is 35.9 Å². The number of benzene rings is 1. The van der Waals surface area contributed by atoms with E-state index in [0.717, 1.165) is 6.54 Å². The normalized spacial score (nSPS) is 20.9. The molecular weight excluding hydrogens is 239 g/mol. The predicted molar refractivity (Wildman–Crippen MR) is 65.5 cm³/mol. The molecule has 0 unspecified atom stereocenters. The van der Waals surface area contributed by atoms with Crippen molar-refractivity contribution in [2.24, 2.45) is 0 Å². The van der Waals surface area contributed by atoms with Crippen LogP contribution in [0.1, 0.15) is 25.3 Å². The lowest BCUT2D eigenvalue weighted by Gasteiger charge is -2.43. The molecule has 1 nitrogen and oxygen atoms in total. The molecule has 0 aromatic heterocycles. The highest BCUT2D eigenvalue weighted by molar-refractivity contribution is 5.28. The van der Waals surface area contributed by atoms with Crippen LogP contribution in [0.4, 0.5) is 13.2 Å². The van der Waals surface area contributed by atoms with Gasteiger partial charge in [0.15, 0.2) is 0 Å². The Labute approximate surface area is 106 Å². The predicted octanol–water partition coefficient (Wildman–Crippen LogP) is 3.60. The summed E-state index contributed by atoms with van der Waals surface area (Å²) in [6.45, 7) is 3.85. The number of likely N-dealkylation sites (tertiary alicyclic amines) is 1. The third-order valence-corrected chi connectivity index (χ3v) is 4.03. The lowest BCUT2D eigenvalue weighted by Crippen LogP contribution is -2.51. The highest BCUT2D eigenvalue weighted by atomic mass is 19.4. The summed E-state index contributed by atoms with van der Waals surface area (Å²) in [5.41, 5.74) is -1.24. The first kappa shape index (κ1) is 13.4. The number of rotatable bonds is 2. The maximum absolute atomic E-state index is 13.5. The molecule has 1 fully saturated rings. The fraction of sp³-hybridized carbons (Fsp3) is 0.571. The quantitative estimate of drug-likeness (QED) is 0.782. The van der Waals surface area contributed by atoms with Crippen molar-refractivity contribution >= 4 is 0 Å². The van der Waals surface area contributed by atoms with E-state index in [9.17, 15) is 13.2 Å². The summed E-state index contributed by atoms with van der Waals surface area (Å²) in [4.78, 5) is 2.08. The van der Waals surface area contributed by atoms with E-state index in [1.165, 1.54) is 0 Å². The van der Waals surface area contributed by atoms with Crippen LogP contribution in [-0.4, -0.2) is 30.7 Å². The molecule has 0 aliphatic carbocycles. The minimum absolute atomic E-state index is 0.161. The molecule has 0 saturated carbocycles. The molecule has 2 rings (SSSR count). The highest BCUT2D eigenvalue weighted by Gasteiger charge is 2.56. The summed E-state index contributed by atoms with van der Waals surface area (Å²) in [7, 11) is 0. The molecule has 1 aromatic carbocycles. The number of nitrogens with zero attached hydrogens (tertiary/aromatic N) is 1. The van der Waals surface area contributed by atoms with Gasteiger partial charge < -0.3 is 4.90 Å². The Morgan fingerprint density at radius 1 is 1.11 bits per heavy atom. The van der Waals surface area contributed by atoms with Gasteiger partial charge in [0.05, 0.1) is 5.41 Å². The van der Waals surface area contributed by atoms with E-state index in [1.807, 2.05) is 6.92 Å². The molecule has 0 spiro atoms. The Kier molecular flexibility index (Phi) is 3.66. The molecule has 0 N–H and O–H groups in total. The zero-order chi connectivity index (χ0) is 13.2. The van der Waals surface area contributed by atoms with Crippen LogP contribution >= 0.6 is 0 Å². The monoisotopic (exact) mass is 257 g/mol. The maximum atomic E-state index is 13.5. The van der Waals surface area contributed by atoms with Gasteiger partial charge in [0.2, 0.25) is 0 Å². The Hall–Kier alpha value is -1.03. The van der Waals surface area contributed by atoms with Crippen LogP contribution in [0.15, 0.2) is 30.3 Å². The minimum Gasteiger partial charge on any atom is -0.304 e. The summed E-state index contributed by atoms with van der Waals surface area (Å²) in [5.74, 6) is 0. The van der Waals surface area contributed by atoms with E-state index < -0.39 is 11.6 Å². The van der Waals surface area contributed by atoms with Gasteiger partial charge in [-0.1, -0.05) is 37.3 Å². The number of hydrogen-bond acceptors (Lipinski definition) is 1. The molecule has 1 aliphatic rings. The van der Waals surface area contributed by atoms with Crippen LogP contribution in [0.5, 0.6) is 0 Å². The minimum atomic E-state index is -4.17. The zero-order valence-corrected chi connectivity index (χ0v) is 10.5. The Morgan fingerprint density at radius 3 is 2.11 bits per heavy atom. The largest absolute Gasteiger partial charge is 0.398 e. The SMILES string of the molecule is CCN1CCC(c2ccccc2)(C(F)(F)F)CC1. The molecule has 4 heteroatoms. The summed E-state index contributed by atoms with van der Waals surface area (Å²) < 4.78 is 40.5. The molecule has 1 aliphatic heterocycles. The van der Waals surface area contributed by atoms with Crippen molar-refractivity contribution in [2.75, 3.05) is 19.6 Å². The number of halogens is 3.